The van der Waals surface area contributed by atoms with Gasteiger partial charge in [0.25, 0.3) is 0 Å². The number of fused-ring (bicyclic) bond motifs is 1. The molecule has 4 saturated heterocycles. The number of aliphatic carboxylic acids is 1. The molecule has 12 atom stereocenters. The van der Waals surface area contributed by atoms with Crippen LogP contribution in [0.5, 0.6) is 0 Å². The number of amides is 13. The summed E-state index contributed by atoms with van der Waals surface area (Å²) in [6, 6.07) is 15.5. The Morgan fingerprint density at radius 3 is 1.63 bits per heavy atom. The monoisotopic (exact) mass is 1750 g/mol. The number of hydrogen-bond donors (Lipinski definition) is 16. The fraction of sp³-hybridized carbons (Fsp3) is 0.517. The number of primary amides is 1. The Bertz CT molecular complexity index is 4710. The molecule has 1 aliphatic carbocycles. The standard InChI is InChI=1S/C89H117F3N18O16/c1-52(2)44-64(101-79(118)65(99-73(112)50-107-42-37-96-38-43-107)48-56-32-33-57-20-10-11-23-60(57)45-56)78(117)98-53(3)77(116)104-68(47-55-30-34-58(35-31-55)61-24-12-13-25-62(61)89(90,91)92)86(125)109-40-16-28-71(109)83(122)103-67(49-74(113)114)81(120)105-69(51-111)82(121)106-75(59-21-8-5-9-22-59)87(126)110-41-17-29-72(110)84(123)102-66(46-54-18-6-4-7-19-54)80(119)100-63(26-14-36-97-88(94)95)85(124)108-39-15-27-70(108)76(93)115/h4,6-7,10-13,18-20,23-25,30-35,45,52-53,59,63-72,75,96,111H,5,8-9,14-17,21-22,26-29,36-44,46-51H2,1-3H3,(H2,93,115)(H,98,117)(H,99,112)(H,100,119)(H,101,118)(H,102,123)(H,103,122)(H,104,116)(H,105,120)(H,106,121)(H,113,114)(H4,94,95,97)/t53-,63-,64-,65-,66-,67-,68-,69-,70-,71-,72-,75-/m0/s1. The molecule has 18 N–H and O–H groups in total. The number of carbonyl (C=O) groups is 14. The quantitative estimate of drug-likeness (QED) is 0.0151. The summed E-state index contributed by atoms with van der Waals surface area (Å²) in [7, 11) is 0. The highest BCUT2D eigenvalue weighted by atomic mass is 19.4. The maximum atomic E-state index is 15.3. The largest absolute Gasteiger partial charge is 0.481 e. The van der Waals surface area contributed by atoms with Crippen molar-refractivity contribution >= 4 is 99.5 Å². The Morgan fingerprint density at radius 2 is 1.01 bits per heavy atom. The van der Waals surface area contributed by atoms with Crippen molar-refractivity contribution in [3.05, 3.63) is 144 Å². The second-order valence-corrected chi connectivity index (χ2v) is 33.5. The molecule has 1 saturated carbocycles. The average Bonchev–Trinajstić information content (AvgIpc) is 1.79. The van der Waals surface area contributed by atoms with Crippen LogP contribution in [-0.4, -0.2) is 257 Å². The molecule has 5 fully saturated rings. The molecule has 0 spiro atoms. The summed E-state index contributed by atoms with van der Waals surface area (Å²) >= 11 is 0. The fourth-order valence-corrected chi connectivity index (χ4v) is 17.1. The van der Waals surface area contributed by atoms with Crippen LogP contribution in [0.15, 0.2) is 121 Å². The maximum Gasteiger partial charge on any atom is 0.417 e. The first-order chi connectivity index (χ1) is 60.2. The van der Waals surface area contributed by atoms with Crippen LogP contribution in [0, 0.1) is 17.2 Å². The van der Waals surface area contributed by atoms with E-state index in [9.17, 15) is 80.9 Å². The first-order valence-electron chi connectivity index (χ1n) is 43.3. The lowest BCUT2D eigenvalue weighted by molar-refractivity contribution is -0.145. The number of carboxylic acids is 1. The summed E-state index contributed by atoms with van der Waals surface area (Å²) < 4.78 is 42.9. The number of carbonyl (C=O) groups excluding carboxylic acids is 13. The van der Waals surface area contributed by atoms with Crippen molar-refractivity contribution in [2.24, 2.45) is 23.3 Å². The van der Waals surface area contributed by atoms with E-state index in [1.807, 2.05) is 61.2 Å². The zero-order chi connectivity index (χ0) is 90.9. The number of piperazine rings is 1. The van der Waals surface area contributed by atoms with Crippen molar-refractivity contribution in [1.82, 2.24) is 78.1 Å². The lowest BCUT2D eigenvalue weighted by atomic mass is 9.83. The van der Waals surface area contributed by atoms with Crippen LogP contribution in [-0.2, 0) is 92.6 Å². The average molecular weight is 1750 g/mol. The molecule has 0 aromatic heterocycles. The lowest BCUT2D eigenvalue weighted by Crippen LogP contribution is -2.62. The van der Waals surface area contributed by atoms with Gasteiger partial charge in [-0.3, -0.25) is 77.4 Å². The van der Waals surface area contributed by atoms with Gasteiger partial charge in [0, 0.05) is 71.6 Å². The highest BCUT2D eigenvalue weighted by Crippen LogP contribution is 2.38. The van der Waals surface area contributed by atoms with E-state index in [-0.39, 0.29) is 114 Å². The van der Waals surface area contributed by atoms with Crippen LogP contribution in [0.3, 0.4) is 0 Å². The van der Waals surface area contributed by atoms with E-state index >= 15 is 9.59 Å². The van der Waals surface area contributed by atoms with E-state index in [1.165, 1.54) is 59.2 Å². The molecule has 126 heavy (non-hydrogen) atoms. The number of alkyl halides is 3. The van der Waals surface area contributed by atoms with Crippen molar-refractivity contribution < 1.29 is 90.5 Å². The molecular weight excluding hydrogens is 1630 g/mol. The summed E-state index contributed by atoms with van der Waals surface area (Å²) in [5, 5.41) is 60.6. The Hall–Kier alpha value is -12.1. The van der Waals surface area contributed by atoms with E-state index < -0.39 is 186 Å². The van der Waals surface area contributed by atoms with Gasteiger partial charge in [0.1, 0.15) is 72.5 Å². The SMILES string of the molecule is CC(C)C[C@H](NC(=O)[C@H](Cc1ccc2ccccc2c1)NC(=O)CN1CCNCC1)C(=O)N[C@@H](C)C(=O)N[C@@H](Cc1ccc(-c2ccccc2C(F)(F)F)cc1)C(=O)N1CCC[C@H]1C(=O)N[C@@H](CC(=O)O)C(=O)N[C@@H](CO)C(=O)N[C@H](C(=O)N1CCC[C@H]1C(=O)N[C@@H](Cc1ccccc1)C(=O)N[C@@H](CCCNC(=N)N)C(=O)N1CCC[C@H]1C(N)=O)C1CCCCC1. The van der Waals surface area contributed by atoms with E-state index in [0.717, 1.165) is 33.7 Å². The Labute approximate surface area is 728 Å². The molecular formula is C89H117F3N18O16. The Morgan fingerprint density at radius 1 is 0.500 bits per heavy atom. The molecule has 4 heterocycles. The number of rotatable bonds is 40. The molecule has 13 amide bonds. The summed E-state index contributed by atoms with van der Waals surface area (Å²) in [5.41, 5.74) is 11.9. The maximum absolute atomic E-state index is 15.3. The van der Waals surface area contributed by atoms with Gasteiger partial charge < -0.3 is 94.9 Å². The molecule has 5 aliphatic rings. The zero-order valence-corrected chi connectivity index (χ0v) is 71.1. The normalized spacial score (nSPS) is 19.0. The number of aliphatic hydroxyl groups is 1. The Balaban J connectivity index is 0.832. The van der Waals surface area contributed by atoms with Gasteiger partial charge in [-0.05, 0) is 134 Å². The molecule has 5 aromatic carbocycles. The van der Waals surface area contributed by atoms with E-state index in [1.54, 1.807) is 30.3 Å². The second kappa shape index (κ2) is 45.7. The topological polar surface area (TPSA) is 501 Å². The van der Waals surface area contributed by atoms with E-state index in [0.29, 0.717) is 82.3 Å². The molecule has 10 rings (SSSR count). The molecule has 680 valence electrons. The number of nitrogens with zero attached hydrogens (tertiary/aromatic N) is 4. The molecule has 4 aliphatic heterocycles. The number of likely N-dealkylation sites (tertiary alicyclic amines) is 3. The predicted molar refractivity (Wildman–Crippen MR) is 459 cm³/mol. The zero-order valence-electron chi connectivity index (χ0n) is 71.1. The number of carboxylic acid groups (broad SMARTS) is 1. The van der Waals surface area contributed by atoms with Gasteiger partial charge in [0.15, 0.2) is 5.96 Å². The van der Waals surface area contributed by atoms with Crippen molar-refractivity contribution in [2.75, 3.05) is 65.5 Å². The third-order valence-corrected chi connectivity index (χ3v) is 23.7. The summed E-state index contributed by atoms with van der Waals surface area (Å²) in [5.74, 6) is -13.4. The van der Waals surface area contributed by atoms with Gasteiger partial charge in [-0.2, -0.15) is 13.2 Å². The van der Waals surface area contributed by atoms with Gasteiger partial charge in [-0.1, -0.05) is 148 Å². The molecule has 34 nitrogen and oxygen atoms in total. The summed E-state index contributed by atoms with van der Waals surface area (Å²) in [4.78, 5) is 206. The van der Waals surface area contributed by atoms with Crippen LogP contribution in [0.2, 0.25) is 0 Å². The number of halogens is 3. The van der Waals surface area contributed by atoms with Crippen LogP contribution in [0.4, 0.5) is 13.2 Å². The molecule has 5 aromatic rings. The predicted octanol–water partition coefficient (Wildman–Crippen LogP) is 1.66. The number of benzene rings is 5. The number of hydrogen-bond acceptors (Lipinski definition) is 18. The third-order valence-electron chi connectivity index (χ3n) is 23.7. The third kappa shape index (κ3) is 27.0. The number of guanidine groups is 1. The smallest absolute Gasteiger partial charge is 0.417 e. The number of aliphatic hydroxyl groups excluding tert-OH is 1. The Kier molecular flexibility index (Phi) is 34.8. The van der Waals surface area contributed by atoms with Gasteiger partial charge in [-0.15, -0.1) is 0 Å². The first-order valence-corrected chi connectivity index (χ1v) is 43.3. The minimum Gasteiger partial charge on any atom is -0.481 e. The van der Waals surface area contributed by atoms with Gasteiger partial charge in [-0.25, -0.2) is 0 Å². The van der Waals surface area contributed by atoms with Gasteiger partial charge >= 0.3 is 12.1 Å². The summed E-state index contributed by atoms with van der Waals surface area (Å²) in [6.45, 7) is 6.57. The van der Waals surface area contributed by atoms with Crippen LogP contribution in [0.1, 0.15) is 139 Å². The minimum atomic E-state index is -4.73. The summed E-state index contributed by atoms with van der Waals surface area (Å²) in [6.07, 6.45) is -1.77. The fourth-order valence-electron chi connectivity index (χ4n) is 17.1. The van der Waals surface area contributed by atoms with E-state index in [4.69, 9.17) is 16.9 Å². The molecule has 0 bridgehead atoms. The number of nitrogens with two attached hydrogens (primary N) is 2. The highest BCUT2D eigenvalue weighted by molar-refractivity contribution is 6.01. The van der Waals surface area contributed by atoms with Crippen LogP contribution >= 0.6 is 0 Å². The van der Waals surface area contributed by atoms with Crippen LogP contribution in [0.25, 0.3) is 21.9 Å². The van der Waals surface area contributed by atoms with E-state index in [2.05, 4.69) is 58.5 Å². The van der Waals surface area contributed by atoms with Crippen molar-refractivity contribution in [1.29, 1.82) is 5.41 Å². The van der Waals surface area contributed by atoms with Crippen molar-refractivity contribution in [2.45, 2.75) is 215 Å². The van der Waals surface area contributed by atoms with Crippen molar-refractivity contribution in [3.8, 4) is 11.1 Å². The molecule has 0 radical (unpaired) electrons. The van der Waals surface area contributed by atoms with Crippen molar-refractivity contribution in [3.63, 3.8) is 0 Å². The molecule has 0 unspecified atom stereocenters. The number of nitrogens with one attached hydrogen (secondary N) is 12. The van der Waals surface area contributed by atoms with Gasteiger partial charge in [0.05, 0.1) is 25.1 Å². The highest BCUT2D eigenvalue weighted by Gasteiger charge is 2.46. The van der Waals surface area contributed by atoms with Gasteiger partial charge in [0.2, 0.25) is 76.8 Å². The first kappa shape index (κ1) is 96.1. The van der Waals surface area contributed by atoms with Crippen LogP contribution < -0.4 is 70.0 Å². The minimum absolute atomic E-state index is 0.00725. The lowest BCUT2D eigenvalue weighted by Gasteiger charge is -2.35. The second-order valence-electron chi connectivity index (χ2n) is 33.5. The molecule has 37 heteroatoms.